The van der Waals surface area contributed by atoms with Crippen molar-refractivity contribution in [3.05, 3.63) is 69.3 Å². The molecule has 0 aromatic heterocycles. The third kappa shape index (κ3) is 3.43. The highest BCUT2D eigenvalue weighted by molar-refractivity contribution is 6.05. The smallest absolute Gasteiger partial charge is 0.269 e. The van der Waals surface area contributed by atoms with E-state index in [0.29, 0.717) is 16.8 Å². The minimum Gasteiger partial charge on any atom is -0.392 e. The maximum atomic E-state index is 12.1. The van der Waals surface area contributed by atoms with E-state index < -0.39 is 4.92 Å². The van der Waals surface area contributed by atoms with Crippen LogP contribution in [-0.2, 0) is 6.61 Å². The van der Waals surface area contributed by atoms with Crippen LogP contribution in [0.15, 0.2) is 42.5 Å². The average Bonchev–Trinajstić information content (AvgIpc) is 2.47. The van der Waals surface area contributed by atoms with E-state index in [0.717, 1.165) is 5.56 Å². The molecular weight excluding hydrogens is 272 g/mol. The summed E-state index contributed by atoms with van der Waals surface area (Å²) in [5.74, 6) is -0.334. The Labute approximate surface area is 121 Å². The van der Waals surface area contributed by atoms with Gasteiger partial charge in [-0.3, -0.25) is 14.9 Å². The quantitative estimate of drug-likeness (QED) is 0.667. The van der Waals surface area contributed by atoms with Crippen molar-refractivity contribution in [2.24, 2.45) is 0 Å². The molecule has 6 nitrogen and oxygen atoms in total. The Bertz CT molecular complexity index is 681. The Balaban J connectivity index is 2.17. The van der Waals surface area contributed by atoms with E-state index in [2.05, 4.69) is 5.32 Å². The number of nitrogens with zero attached hydrogens (tertiary/aromatic N) is 1. The molecule has 0 fully saturated rings. The number of aliphatic hydroxyl groups excluding tert-OH is 1. The molecule has 2 rings (SSSR count). The summed E-state index contributed by atoms with van der Waals surface area (Å²) in [5, 5.41) is 22.3. The number of rotatable bonds is 4. The number of aryl methyl sites for hydroxylation is 1. The van der Waals surface area contributed by atoms with Gasteiger partial charge in [0.05, 0.1) is 11.5 Å². The molecule has 0 radical (unpaired) electrons. The highest BCUT2D eigenvalue weighted by Crippen LogP contribution is 2.18. The van der Waals surface area contributed by atoms with E-state index in [1.54, 1.807) is 31.2 Å². The van der Waals surface area contributed by atoms with Crippen LogP contribution in [0.4, 0.5) is 11.4 Å². The molecule has 2 N–H and O–H groups in total. The van der Waals surface area contributed by atoms with Crippen molar-refractivity contribution in [3.8, 4) is 0 Å². The zero-order chi connectivity index (χ0) is 15.4. The Kier molecular flexibility index (Phi) is 4.30. The number of non-ortho nitro benzene ring substituents is 1. The Hall–Kier alpha value is -2.73. The molecule has 0 saturated carbocycles. The molecule has 108 valence electrons. The van der Waals surface area contributed by atoms with E-state index in [1.807, 2.05) is 0 Å². The standard InChI is InChI=1S/C15H14N2O4/c1-10-8-13(17(20)21)6-7-14(10)15(19)16-12-4-2-11(9-18)3-5-12/h2-8,18H,9H2,1H3,(H,16,19). The summed E-state index contributed by atoms with van der Waals surface area (Å²) in [6.07, 6.45) is 0. The van der Waals surface area contributed by atoms with Crippen LogP contribution >= 0.6 is 0 Å². The normalized spacial score (nSPS) is 10.2. The molecule has 0 aliphatic carbocycles. The molecule has 0 bridgehead atoms. The number of aliphatic hydroxyl groups is 1. The molecule has 6 heteroatoms. The lowest BCUT2D eigenvalue weighted by Gasteiger charge is -2.08. The second kappa shape index (κ2) is 6.15. The predicted octanol–water partition coefficient (Wildman–Crippen LogP) is 2.65. The lowest BCUT2D eigenvalue weighted by Crippen LogP contribution is -2.13. The molecule has 0 aliphatic heterocycles. The SMILES string of the molecule is Cc1cc([N+](=O)[O-])ccc1C(=O)Nc1ccc(CO)cc1. The van der Waals surface area contributed by atoms with Gasteiger partial charge < -0.3 is 10.4 Å². The molecular formula is C15H14N2O4. The zero-order valence-electron chi connectivity index (χ0n) is 11.4. The van der Waals surface area contributed by atoms with Gasteiger partial charge in [-0.2, -0.15) is 0 Å². The highest BCUT2D eigenvalue weighted by atomic mass is 16.6. The van der Waals surface area contributed by atoms with Gasteiger partial charge in [0, 0.05) is 23.4 Å². The fraction of sp³-hybridized carbons (Fsp3) is 0.133. The van der Waals surface area contributed by atoms with Gasteiger partial charge in [-0.25, -0.2) is 0 Å². The number of nitro groups is 1. The monoisotopic (exact) mass is 286 g/mol. The van der Waals surface area contributed by atoms with Crippen molar-refractivity contribution < 1.29 is 14.8 Å². The van der Waals surface area contributed by atoms with E-state index in [-0.39, 0.29) is 18.2 Å². The fourth-order valence-corrected chi connectivity index (χ4v) is 1.91. The van der Waals surface area contributed by atoms with Crippen molar-refractivity contribution in [1.29, 1.82) is 0 Å². The summed E-state index contributed by atoms with van der Waals surface area (Å²) in [5.41, 5.74) is 2.21. The second-order valence-corrected chi connectivity index (χ2v) is 4.57. The van der Waals surface area contributed by atoms with E-state index in [9.17, 15) is 14.9 Å². The van der Waals surface area contributed by atoms with Gasteiger partial charge in [0.15, 0.2) is 0 Å². The Morgan fingerprint density at radius 3 is 2.43 bits per heavy atom. The van der Waals surface area contributed by atoms with Crippen LogP contribution in [0.25, 0.3) is 0 Å². The van der Waals surface area contributed by atoms with E-state index in [1.165, 1.54) is 18.2 Å². The van der Waals surface area contributed by atoms with Crippen molar-refractivity contribution in [1.82, 2.24) is 0 Å². The topological polar surface area (TPSA) is 92.5 Å². The number of benzene rings is 2. The van der Waals surface area contributed by atoms with Crippen LogP contribution in [0.3, 0.4) is 0 Å². The van der Waals surface area contributed by atoms with Crippen LogP contribution in [0.2, 0.25) is 0 Å². The molecule has 0 saturated heterocycles. The lowest BCUT2D eigenvalue weighted by molar-refractivity contribution is -0.384. The van der Waals surface area contributed by atoms with Gasteiger partial charge in [0.2, 0.25) is 0 Å². The first kappa shape index (κ1) is 14.7. The van der Waals surface area contributed by atoms with E-state index >= 15 is 0 Å². The molecule has 1 amide bonds. The average molecular weight is 286 g/mol. The number of anilines is 1. The first-order chi connectivity index (χ1) is 10.0. The molecule has 2 aromatic carbocycles. The Morgan fingerprint density at radius 2 is 1.90 bits per heavy atom. The summed E-state index contributed by atoms with van der Waals surface area (Å²) in [4.78, 5) is 22.3. The second-order valence-electron chi connectivity index (χ2n) is 4.57. The number of nitrogens with one attached hydrogen (secondary N) is 1. The molecule has 21 heavy (non-hydrogen) atoms. The summed E-state index contributed by atoms with van der Waals surface area (Å²) in [6, 6.07) is 10.9. The van der Waals surface area contributed by atoms with Crippen LogP contribution < -0.4 is 5.32 Å². The maximum Gasteiger partial charge on any atom is 0.269 e. The molecule has 0 unspecified atom stereocenters. The van der Waals surface area contributed by atoms with Crippen LogP contribution in [0.1, 0.15) is 21.5 Å². The summed E-state index contributed by atoms with van der Waals surface area (Å²) < 4.78 is 0. The molecule has 0 heterocycles. The highest BCUT2D eigenvalue weighted by Gasteiger charge is 2.13. The maximum absolute atomic E-state index is 12.1. The number of carbonyl (C=O) groups excluding carboxylic acids is 1. The van der Waals surface area contributed by atoms with Crippen molar-refractivity contribution in [2.45, 2.75) is 13.5 Å². The first-order valence-corrected chi connectivity index (χ1v) is 6.27. The van der Waals surface area contributed by atoms with Gasteiger partial charge in [-0.05, 0) is 36.2 Å². The minimum atomic E-state index is -0.498. The molecule has 0 aliphatic rings. The van der Waals surface area contributed by atoms with Crippen LogP contribution in [0.5, 0.6) is 0 Å². The Morgan fingerprint density at radius 1 is 1.24 bits per heavy atom. The summed E-state index contributed by atoms with van der Waals surface area (Å²) in [7, 11) is 0. The van der Waals surface area contributed by atoms with Crippen molar-refractivity contribution in [3.63, 3.8) is 0 Å². The molecule has 0 atom stereocenters. The third-order valence-electron chi connectivity index (χ3n) is 3.06. The third-order valence-corrected chi connectivity index (χ3v) is 3.06. The van der Waals surface area contributed by atoms with Gasteiger partial charge >= 0.3 is 0 Å². The lowest BCUT2D eigenvalue weighted by atomic mass is 10.1. The van der Waals surface area contributed by atoms with Gasteiger partial charge in [0.1, 0.15) is 0 Å². The van der Waals surface area contributed by atoms with Gasteiger partial charge in [-0.15, -0.1) is 0 Å². The fourth-order valence-electron chi connectivity index (χ4n) is 1.91. The first-order valence-electron chi connectivity index (χ1n) is 6.27. The number of hydrogen-bond donors (Lipinski definition) is 2. The molecule has 0 spiro atoms. The summed E-state index contributed by atoms with van der Waals surface area (Å²) in [6.45, 7) is 1.59. The number of carbonyl (C=O) groups is 1. The minimum absolute atomic E-state index is 0.0450. The number of hydrogen-bond acceptors (Lipinski definition) is 4. The molecule has 2 aromatic rings. The van der Waals surface area contributed by atoms with Gasteiger partial charge in [-0.1, -0.05) is 12.1 Å². The van der Waals surface area contributed by atoms with Crippen molar-refractivity contribution >= 4 is 17.3 Å². The van der Waals surface area contributed by atoms with Crippen LogP contribution in [-0.4, -0.2) is 15.9 Å². The van der Waals surface area contributed by atoms with Crippen LogP contribution in [0, 0.1) is 17.0 Å². The largest absolute Gasteiger partial charge is 0.392 e. The summed E-state index contributed by atoms with van der Waals surface area (Å²) >= 11 is 0. The van der Waals surface area contributed by atoms with E-state index in [4.69, 9.17) is 5.11 Å². The zero-order valence-corrected chi connectivity index (χ0v) is 11.4. The number of amides is 1. The number of nitro benzene ring substituents is 1. The predicted molar refractivity (Wildman–Crippen MR) is 78.2 cm³/mol. The van der Waals surface area contributed by atoms with Crippen molar-refractivity contribution in [2.75, 3.05) is 5.32 Å². The van der Waals surface area contributed by atoms with Gasteiger partial charge in [0.25, 0.3) is 11.6 Å².